The largest absolute Gasteiger partial charge is 0.340 e. The van der Waals surface area contributed by atoms with Gasteiger partial charge in [-0.2, -0.15) is 0 Å². The van der Waals surface area contributed by atoms with E-state index in [9.17, 15) is 14.4 Å². The number of aromatic nitrogens is 2. The average molecular weight is 308 g/mol. The van der Waals surface area contributed by atoms with E-state index in [1.54, 1.807) is 13.8 Å². The van der Waals surface area contributed by atoms with Gasteiger partial charge in [0, 0.05) is 6.42 Å². The van der Waals surface area contributed by atoms with Crippen LogP contribution in [0.1, 0.15) is 34.7 Å². The van der Waals surface area contributed by atoms with Gasteiger partial charge in [-0.25, -0.2) is 9.97 Å². The maximum Gasteiger partial charge on any atom is 0.256 e. The van der Waals surface area contributed by atoms with E-state index in [2.05, 4.69) is 20.6 Å². The molecule has 3 amide bonds. The number of imide groups is 1. The van der Waals surface area contributed by atoms with Gasteiger partial charge in [-0.1, -0.05) is 0 Å². The zero-order valence-corrected chi connectivity index (χ0v) is 12.8. The lowest BCUT2D eigenvalue weighted by atomic mass is 10.1. The summed E-state index contributed by atoms with van der Waals surface area (Å²) in [6.45, 7) is 3.49. The van der Waals surface area contributed by atoms with E-state index in [0.29, 0.717) is 28.5 Å². The predicted molar refractivity (Wildman–Crippen MR) is 76.9 cm³/mol. The van der Waals surface area contributed by atoms with Crippen molar-refractivity contribution >= 4 is 29.5 Å². The molecule has 1 fully saturated rings. The molecule has 1 aromatic heterocycles. The number of carbonyl (C=O) groups is 3. The molecule has 1 unspecified atom stereocenters. The van der Waals surface area contributed by atoms with Crippen molar-refractivity contribution in [3.63, 3.8) is 0 Å². The number of rotatable bonds is 3. The van der Waals surface area contributed by atoms with Crippen LogP contribution < -0.4 is 10.6 Å². The van der Waals surface area contributed by atoms with Gasteiger partial charge in [0.25, 0.3) is 5.91 Å². The number of thioether (sulfide) groups is 1. The molecule has 8 heteroatoms. The molecule has 1 aliphatic heterocycles. The standard InChI is InChI=1S/C13H16N4O3S/c1-6-10(13(21-3)15-7(2)14-6)12(20)16-8-4-5-9(18)17-11(8)19/h8H,4-5H2,1-3H3,(H,16,20)(H,17,18,19). The summed E-state index contributed by atoms with van der Waals surface area (Å²) in [6, 6.07) is -0.703. The first-order valence-corrected chi connectivity index (χ1v) is 7.68. The zero-order chi connectivity index (χ0) is 15.6. The van der Waals surface area contributed by atoms with Gasteiger partial charge in [-0.3, -0.25) is 19.7 Å². The van der Waals surface area contributed by atoms with Crippen LogP contribution in [0.4, 0.5) is 0 Å². The molecule has 1 aromatic rings. The van der Waals surface area contributed by atoms with E-state index < -0.39 is 17.9 Å². The van der Waals surface area contributed by atoms with E-state index in [0.717, 1.165) is 0 Å². The van der Waals surface area contributed by atoms with Gasteiger partial charge in [0.15, 0.2) is 0 Å². The number of hydrogen-bond acceptors (Lipinski definition) is 6. The molecule has 2 rings (SSSR count). The smallest absolute Gasteiger partial charge is 0.256 e. The van der Waals surface area contributed by atoms with Gasteiger partial charge < -0.3 is 5.32 Å². The van der Waals surface area contributed by atoms with E-state index in [1.165, 1.54) is 11.8 Å². The summed E-state index contributed by atoms with van der Waals surface area (Å²) in [7, 11) is 0. The molecule has 1 aliphatic rings. The molecule has 0 bridgehead atoms. The molecule has 112 valence electrons. The van der Waals surface area contributed by atoms with Gasteiger partial charge >= 0.3 is 0 Å². The zero-order valence-electron chi connectivity index (χ0n) is 12.0. The third kappa shape index (κ3) is 3.38. The van der Waals surface area contributed by atoms with Crippen LogP contribution in [0.15, 0.2) is 5.03 Å². The lowest BCUT2D eigenvalue weighted by molar-refractivity contribution is -0.134. The molecular weight excluding hydrogens is 292 g/mol. The molecular formula is C13H16N4O3S. The topological polar surface area (TPSA) is 101 Å². The van der Waals surface area contributed by atoms with Crippen molar-refractivity contribution < 1.29 is 14.4 Å². The number of piperidine rings is 1. The molecule has 7 nitrogen and oxygen atoms in total. The fourth-order valence-corrected chi connectivity index (χ4v) is 2.82. The Morgan fingerprint density at radius 1 is 1.33 bits per heavy atom. The Morgan fingerprint density at radius 2 is 2.05 bits per heavy atom. The number of nitrogens with one attached hydrogen (secondary N) is 2. The molecule has 0 radical (unpaired) electrons. The minimum absolute atomic E-state index is 0.218. The van der Waals surface area contributed by atoms with Crippen molar-refractivity contribution in [3.05, 3.63) is 17.1 Å². The SMILES string of the molecule is CSc1nc(C)nc(C)c1C(=O)NC1CCC(=O)NC1=O. The molecule has 1 saturated heterocycles. The maximum atomic E-state index is 12.4. The van der Waals surface area contributed by atoms with Gasteiger partial charge in [0.05, 0.1) is 11.3 Å². The summed E-state index contributed by atoms with van der Waals surface area (Å²) in [5, 5.41) is 5.43. The van der Waals surface area contributed by atoms with E-state index >= 15 is 0 Å². The molecule has 0 spiro atoms. The number of carbonyl (C=O) groups excluding carboxylic acids is 3. The van der Waals surface area contributed by atoms with Gasteiger partial charge in [0.1, 0.15) is 16.9 Å². The normalized spacial score (nSPS) is 18.3. The fraction of sp³-hybridized carbons (Fsp3) is 0.462. The van der Waals surface area contributed by atoms with Crippen molar-refractivity contribution in [2.45, 2.75) is 37.8 Å². The minimum atomic E-state index is -0.703. The number of hydrogen-bond donors (Lipinski definition) is 2. The Morgan fingerprint density at radius 3 is 2.67 bits per heavy atom. The summed E-state index contributed by atoms with van der Waals surface area (Å²) in [5.74, 6) is -0.595. The molecule has 0 saturated carbocycles. The highest BCUT2D eigenvalue weighted by Crippen LogP contribution is 2.20. The monoisotopic (exact) mass is 308 g/mol. The highest BCUT2D eigenvalue weighted by atomic mass is 32.2. The third-order valence-corrected chi connectivity index (χ3v) is 3.82. The molecule has 0 aromatic carbocycles. The lowest BCUT2D eigenvalue weighted by Crippen LogP contribution is -2.52. The Hall–Kier alpha value is -1.96. The minimum Gasteiger partial charge on any atom is -0.340 e. The fourth-order valence-electron chi connectivity index (χ4n) is 2.15. The van der Waals surface area contributed by atoms with Crippen molar-refractivity contribution in [3.8, 4) is 0 Å². The predicted octanol–water partition coefficient (Wildman–Crippen LogP) is 0.350. The van der Waals surface area contributed by atoms with Gasteiger partial charge in [0.2, 0.25) is 11.8 Å². The van der Waals surface area contributed by atoms with E-state index in [1.807, 2.05) is 6.26 Å². The highest BCUT2D eigenvalue weighted by Gasteiger charge is 2.29. The summed E-state index contributed by atoms with van der Waals surface area (Å²) in [4.78, 5) is 43.6. The summed E-state index contributed by atoms with van der Waals surface area (Å²) < 4.78 is 0. The Kier molecular flexibility index (Phi) is 4.56. The van der Waals surface area contributed by atoms with Crippen LogP contribution in [0.5, 0.6) is 0 Å². The second-order valence-electron chi connectivity index (χ2n) is 4.72. The second kappa shape index (κ2) is 6.21. The van der Waals surface area contributed by atoms with Crippen LogP contribution in [0.2, 0.25) is 0 Å². The van der Waals surface area contributed by atoms with Crippen LogP contribution in [0, 0.1) is 13.8 Å². The van der Waals surface area contributed by atoms with Crippen molar-refractivity contribution in [1.29, 1.82) is 0 Å². The highest BCUT2D eigenvalue weighted by molar-refractivity contribution is 7.98. The van der Waals surface area contributed by atoms with Crippen molar-refractivity contribution in [1.82, 2.24) is 20.6 Å². The molecule has 0 aliphatic carbocycles. The molecule has 2 N–H and O–H groups in total. The molecule has 1 atom stereocenters. The number of amides is 3. The van der Waals surface area contributed by atoms with Crippen LogP contribution in [0.25, 0.3) is 0 Å². The number of nitrogens with zero attached hydrogens (tertiary/aromatic N) is 2. The Balaban J connectivity index is 2.21. The van der Waals surface area contributed by atoms with E-state index in [-0.39, 0.29) is 12.3 Å². The van der Waals surface area contributed by atoms with Crippen LogP contribution in [0.3, 0.4) is 0 Å². The van der Waals surface area contributed by atoms with Gasteiger partial charge in [-0.05, 0) is 26.5 Å². The second-order valence-corrected chi connectivity index (χ2v) is 5.51. The first-order chi connectivity index (χ1) is 9.92. The van der Waals surface area contributed by atoms with Gasteiger partial charge in [-0.15, -0.1) is 11.8 Å². The first-order valence-electron chi connectivity index (χ1n) is 6.46. The summed E-state index contributed by atoms with van der Waals surface area (Å²) in [5.41, 5.74) is 0.939. The Bertz CT molecular complexity index is 618. The van der Waals surface area contributed by atoms with Crippen LogP contribution >= 0.6 is 11.8 Å². The third-order valence-electron chi connectivity index (χ3n) is 3.13. The summed E-state index contributed by atoms with van der Waals surface area (Å²) >= 11 is 1.35. The van der Waals surface area contributed by atoms with Crippen molar-refractivity contribution in [2.75, 3.05) is 6.26 Å². The van der Waals surface area contributed by atoms with Crippen LogP contribution in [-0.4, -0.2) is 40.0 Å². The maximum absolute atomic E-state index is 12.4. The lowest BCUT2D eigenvalue weighted by Gasteiger charge is -2.22. The summed E-state index contributed by atoms with van der Waals surface area (Å²) in [6.07, 6.45) is 2.34. The first kappa shape index (κ1) is 15.4. The average Bonchev–Trinajstić information content (AvgIpc) is 2.40. The quantitative estimate of drug-likeness (QED) is 0.475. The number of aryl methyl sites for hydroxylation is 2. The van der Waals surface area contributed by atoms with E-state index in [4.69, 9.17) is 0 Å². The molecule has 21 heavy (non-hydrogen) atoms. The molecule has 2 heterocycles. The van der Waals surface area contributed by atoms with Crippen molar-refractivity contribution in [2.24, 2.45) is 0 Å². The van der Waals surface area contributed by atoms with Crippen LogP contribution in [-0.2, 0) is 9.59 Å². The Labute approximate surface area is 126 Å².